The molecule has 5 nitrogen and oxygen atoms in total. The molecule has 0 spiro atoms. The Morgan fingerprint density at radius 1 is 1.32 bits per heavy atom. The largest absolute Gasteiger partial charge is 0.315 e. The number of nitrogens with one attached hydrogen (secondary N) is 1. The molecule has 5 heteroatoms. The molecule has 0 aliphatic carbocycles. The summed E-state index contributed by atoms with van der Waals surface area (Å²) in [6, 6.07) is 0.782. The molecule has 2 fully saturated rings. The van der Waals surface area contributed by atoms with Crippen LogP contribution in [0.15, 0.2) is 12.4 Å². The van der Waals surface area contributed by atoms with Crippen LogP contribution in [0.5, 0.6) is 0 Å². The summed E-state index contributed by atoms with van der Waals surface area (Å²) in [5.41, 5.74) is 1.35. The standard InChI is InChI=1S/C14H25N5/c1-2-19-12-13(9-16-19)11-17-5-7-18(8-6-17)14-3-4-15-10-14/h9,12,14-15H,2-8,10-11H2,1H3. The Kier molecular flexibility index (Phi) is 4.15. The molecule has 0 saturated carbocycles. The van der Waals surface area contributed by atoms with Crippen LogP contribution in [0.25, 0.3) is 0 Å². The van der Waals surface area contributed by atoms with Gasteiger partial charge in [-0.2, -0.15) is 5.10 Å². The van der Waals surface area contributed by atoms with Gasteiger partial charge in [-0.1, -0.05) is 0 Å². The van der Waals surface area contributed by atoms with Gasteiger partial charge >= 0.3 is 0 Å². The van der Waals surface area contributed by atoms with E-state index in [-0.39, 0.29) is 0 Å². The molecular formula is C14H25N5. The maximum Gasteiger partial charge on any atom is 0.0534 e. The van der Waals surface area contributed by atoms with Crippen molar-refractivity contribution < 1.29 is 0 Å². The number of aryl methyl sites for hydroxylation is 1. The van der Waals surface area contributed by atoms with Gasteiger partial charge in [-0.25, -0.2) is 0 Å². The highest BCUT2D eigenvalue weighted by Gasteiger charge is 2.25. The number of rotatable bonds is 4. The molecule has 3 heterocycles. The molecule has 1 unspecified atom stereocenters. The van der Waals surface area contributed by atoms with Crippen LogP contribution in [0.2, 0.25) is 0 Å². The van der Waals surface area contributed by atoms with Gasteiger partial charge in [0, 0.05) is 63.6 Å². The molecular weight excluding hydrogens is 238 g/mol. The van der Waals surface area contributed by atoms with E-state index in [9.17, 15) is 0 Å². The van der Waals surface area contributed by atoms with Gasteiger partial charge in [-0.3, -0.25) is 14.5 Å². The Morgan fingerprint density at radius 3 is 2.79 bits per heavy atom. The van der Waals surface area contributed by atoms with Gasteiger partial charge in [0.05, 0.1) is 6.20 Å². The summed E-state index contributed by atoms with van der Waals surface area (Å²) >= 11 is 0. The van der Waals surface area contributed by atoms with Gasteiger partial charge in [0.2, 0.25) is 0 Å². The van der Waals surface area contributed by atoms with Crippen LogP contribution < -0.4 is 5.32 Å². The zero-order valence-electron chi connectivity index (χ0n) is 11.9. The van der Waals surface area contributed by atoms with E-state index in [4.69, 9.17) is 0 Å². The number of nitrogens with zero attached hydrogens (tertiary/aromatic N) is 4. The van der Waals surface area contributed by atoms with Crippen molar-refractivity contribution >= 4 is 0 Å². The summed E-state index contributed by atoms with van der Waals surface area (Å²) in [4.78, 5) is 5.21. The first-order valence-electron chi connectivity index (χ1n) is 7.53. The van der Waals surface area contributed by atoms with Crippen LogP contribution in [-0.4, -0.2) is 64.9 Å². The van der Waals surface area contributed by atoms with E-state index in [0.29, 0.717) is 0 Å². The molecule has 0 radical (unpaired) electrons. The average molecular weight is 263 g/mol. The minimum Gasteiger partial charge on any atom is -0.315 e. The molecule has 2 saturated heterocycles. The van der Waals surface area contributed by atoms with Crippen LogP contribution in [0.3, 0.4) is 0 Å². The van der Waals surface area contributed by atoms with E-state index >= 15 is 0 Å². The fourth-order valence-electron chi connectivity index (χ4n) is 3.16. The minimum absolute atomic E-state index is 0.782. The van der Waals surface area contributed by atoms with Crippen LogP contribution in [-0.2, 0) is 13.1 Å². The Hall–Kier alpha value is -0.910. The maximum absolute atomic E-state index is 4.35. The van der Waals surface area contributed by atoms with Gasteiger partial charge in [0.25, 0.3) is 0 Å². The van der Waals surface area contributed by atoms with Gasteiger partial charge in [0.15, 0.2) is 0 Å². The molecule has 3 rings (SSSR count). The van der Waals surface area contributed by atoms with Crippen molar-refractivity contribution in [2.75, 3.05) is 39.3 Å². The molecule has 1 aromatic heterocycles. The highest BCUT2D eigenvalue weighted by Crippen LogP contribution is 2.13. The van der Waals surface area contributed by atoms with E-state index in [1.54, 1.807) is 0 Å². The van der Waals surface area contributed by atoms with Crippen molar-refractivity contribution in [3.63, 3.8) is 0 Å². The molecule has 0 bridgehead atoms. The van der Waals surface area contributed by atoms with Gasteiger partial charge in [-0.15, -0.1) is 0 Å². The summed E-state index contributed by atoms with van der Waals surface area (Å²) < 4.78 is 2.01. The monoisotopic (exact) mass is 263 g/mol. The van der Waals surface area contributed by atoms with Crippen molar-refractivity contribution in [1.29, 1.82) is 0 Å². The summed E-state index contributed by atoms with van der Waals surface area (Å²) in [5.74, 6) is 0. The zero-order valence-corrected chi connectivity index (χ0v) is 11.9. The first-order valence-corrected chi connectivity index (χ1v) is 7.53. The summed E-state index contributed by atoms with van der Waals surface area (Å²) in [5, 5.41) is 7.81. The number of aromatic nitrogens is 2. The SMILES string of the molecule is CCn1cc(CN2CCN(C3CCNC3)CC2)cn1. The number of hydrogen-bond donors (Lipinski definition) is 1. The fraction of sp³-hybridized carbons (Fsp3) is 0.786. The first-order chi connectivity index (χ1) is 9.35. The van der Waals surface area contributed by atoms with E-state index in [1.165, 1.54) is 51.3 Å². The average Bonchev–Trinajstić information content (AvgIpc) is 3.10. The van der Waals surface area contributed by atoms with E-state index in [1.807, 2.05) is 10.9 Å². The Morgan fingerprint density at radius 2 is 2.16 bits per heavy atom. The summed E-state index contributed by atoms with van der Waals surface area (Å²) in [6.45, 7) is 11.3. The van der Waals surface area contributed by atoms with Gasteiger partial charge in [0.1, 0.15) is 0 Å². The second kappa shape index (κ2) is 6.03. The predicted octanol–water partition coefficient (Wildman–Crippen LogP) is 0.383. The number of piperazine rings is 1. The maximum atomic E-state index is 4.35. The van der Waals surface area contributed by atoms with Crippen LogP contribution >= 0.6 is 0 Å². The van der Waals surface area contributed by atoms with Crippen molar-refractivity contribution in [2.45, 2.75) is 32.5 Å². The molecule has 1 atom stereocenters. The highest BCUT2D eigenvalue weighted by molar-refractivity contribution is 5.04. The second-order valence-corrected chi connectivity index (χ2v) is 5.66. The lowest BCUT2D eigenvalue weighted by Gasteiger charge is -2.37. The molecule has 1 N–H and O–H groups in total. The lowest BCUT2D eigenvalue weighted by Crippen LogP contribution is -2.50. The number of hydrogen-bond acceptors (Lipinski definition) is 4. The predicted molar refractivity (Wildman–Crippen MR) is 76.0 cm³/mol. The Labute approximate surface area is 115 Å². The van der Waals surface area contributed by atoms with Crippen molar-refractivity contribution in [1.82, 2.24) is 24.9 Å². The topological polar surface area (TPSA) is 36.3 Å². The molecule has 0 amide bonds. The second-order valence-electron chi connectivity index (χ2n) is 5.66. The molecule has 19 heavy (non-hydrogen) atoms. The van der Waals surface area contributed by atoms with Crippen LogP contribution in [0.1, 0.15) is 18.9 Å². The summed E-state index contributed by atoms with van der Waals surface area (Å²) in [7, 11) is 0. The van der Waals surface area contributed by atoms with Crippen molar-refractivity contribution in [3.05, 3.63) is 18.0 Å². The van der Waals surface area contributed by atoms with Crippen LogP contribution in [0.4, 0.5) is 0 Å². The molecule has 2 aliphatic rings. The molecule has 1 aromatic rings. The Bertz CT molecular complexity index is 388. The summed E-state index contributed by atoms with van der Waals surface area (Å²) in [6.07, 6.45) is 5.51. The third-order valence-electron chi connectivity index (χ3n) is 4.37. The first kappa shape index (κ1) is 13.1. The molecule has 2 aliphatic heterocycles. The third-order valence-corrected chi connectivity index (χ3v) is 4.37. The molecule has 0 aromatic carbocycles. The Balaban J connectivity index is 1.47. The lowest BCUT2D eigenvalue weighted by molar-refractivity contribution is 0.0981. The quantitative estimate of drug-likeness (QED) is 0.852. The minimum atomic E-state index is 0.782. The fourth-order valence-corrected chi connectivity index (χ4v) is 3.16. The van der Waals surface area contributed by atoms with E-state index in [0.717, 1.165) is 19.1 Å². The van der Waals surface area contributed by atoms with E-state index < -0.39 is 0 Å². The zero-order chi connectivity index (χ0) is 13.1. The van der Waals surface area contributed by atoms with E-state index in [2.05, 4.69) is 33.3 Å². The lowest BCUT2D eigenvalue weighted by atomic mass is 10.2. The smallest absolute Gasteiger partial charge is 0.0534 e. The van der Waals surface area contributed by atoms with Crippen molar-refractivity contribution in [2.24, 2.45) is 0 Å². The highest BCUT2D eigenvalue weighted by atomic mass is 15.3. The third kappa shape index (κ3) is 3.16. The normalized spacial score (nSPS) is 26.1. The molecule has 106 valence electrons. The van der Waals surface area contributed by atoms with Gasteiger partial charge in [-0.05, 0) is 19.9 Å². The van der Waals surface area contributed by atoms with Crippen LogP contribution in [0, 0.1) is 0 Å². The van der Waals surface area contributed by atoms with Gasteiger partial charge < -0.3 is 5.32 Å². The van der Waals surface area contributed by atoms with Crippen molar-refractivity contribution in [3.8, 4) is 0 Å².